The maximum Gasteiger partial charge on any atom is 0.294 e. The number of hydrogen-bond acceptors (Lipinski definition) is 5. The van der Waals surface area contributed by atoms with Crippen LogP contribution in [0.15, 0.2) is 36.4 Å². The van der Waals surface area contributed by atoms with E-state index in [-0.39, 0.29) is 34.9 Å². The minimum absolute atomic E-state index is 0.0989. The van der Waals surface area contributed by atoms with Crippen molar-refractivity contribution in [2.75, 3.05) is 32.6 Å². The Kier molecular flexibility index (Phi) is 6.56. The molecule has 0 aliphatic carbocycles. The molecule has 1 heterocycles. The minimum Gasteiger partial charge on any atom is -0.497 e. The normalized spacial score (nSPS) is 18.3. The molecule has 1 fully saturated rings. The lowest BCUT2D eigenvalue weighted by molar-refractivity contribution is -0.910. The van der Waals surface area contributed by atoms with E-state index in [9.17, 15) is 14.9 Å². The van der Waals surface area contributed by atoms with Crippen molar-refractivity contribution in [3.05, 3.63) is 57.1 Å². The summed E-state index contributed by atoms with van der Waals surface area (Å²) in [6, 6.07) is 9.97. The van der Waals surface area contributed by atoms with Crippen molar-refractivity contribution in [3.63, 3.8) is 0 Å². The Morgan fingerprint density at radius 3 is 2.76 bits per heavy atom. The number of nitro groups is 1. The fourth-order valence-electron chi connectivity index (χ4n) is 3.77. The Hall–Kier alpha value is -2.84. The van der Waals surface area contributed by atoms with Crippen LogP contribution in [0.1, 0.15) is 24.4 Å². The number of nitrogens with one attached hydrogen (secondary N) is 2. The second-order valence-corrected chi connectivity index (χ2v) is 7.29. The molecular weight excluding hydrogens is 398 g/mol. The first-order chi connectivity index (χ1) is 13.9. The van der Waals surface area contributed by atoms with E-state index >= 15 is 0 Å². The smallest absolute Gasteiger partial charge is 0.294 e. The molecule has 0 saturated carbocycles. The van der Waals surface area contributed by atoms with Crippen molar-refractivity contribution in [1.29, 1.82) is 0 Å². The summed E-state index contributed by atoms with van der Waals surface area (Å²) in [5.41, 5.74) is 0.934. The highest BCUT2D eigenvalue weighted by Crippen LogP contribution is 2.32. The van der Waals surface area contributed by atoms with E-state index < -0.39 is 4.92 Å². The number of methoxy groups -OCH3 is 2. The zero-order chi connectivity index (χ0) is 21.0. The summed E-state index contributed by atoms with van der Waals surface area (Å²) in [5, 5.41) is 14.1. The fraction of sp³-hybridized carbons (Fsp3) is 0.350. The van der Waals surface area contributed by atoms with Crippen LogP contribution in [0, 0.1) is 10.1 Å². The third kappa shape index (κ3) is 4.78. The Balaban J connectivity index is 1.75. The molecule has 29 heavy (non-hydrogen) atoms. The van der Waals surface area contributed by atoms with E-state index in [2.05, 4.69) is 5.32 Å². The van der Waals surface area contributed by atoms with E-state index in [4.69, 9.17) is 21.1 Å². The van der Waals surface area contributed by atoms with E-state index in [0.717, 1.165) is 35.6 Å². The molecule has 154 valence electrons. The number of nitrogens with zero attached hydrogens (tertiary/aromatic N) is 1. The number of ether oxygens (including phenoxy) is 2. The molecule has 1 unspecified atom stereocenters. The monoisotopic (exact) mass is 420 g/mol. The summed E-state index contributed by atoms with van der Waals surface area (Å²) in [5.74, 6) is 1.14. The van der Waals surface area contributed by atoms with Crippen LogP contribution in [0.5, 0.6) is 11.5 Å². The number of carbonyl (C=O) groups is 1. The number of amides is 1. The van der Waals surface area contributed by atoms with Gasteiger partial charge in [-0.2, -0.15) is 0 Å². The first-order valence-corrected chi connectivity index (χ1v) is 9.61. The molecule has 1 aliphatic heterocycles. The van der Waals surface area contributed by atoms with Gasteiger partial charge in [-0.15, -0.1) is 0 Å². The average molecular weight is 421 g/mol. The van der Waals surface area contributed by atoms with Gasteiger partial charge in [0.25, 0.3) is 11.6 Å². The summed E-state index contributed by atoms with van der Waals surface area (Å²) in [4.78, 5) is 24.4. The molecule has 0 aromatic heterocycles. The molecule has 0 spiro atoms. The Morgan fingerprint density at radius 2 is 2.07 bits per heavy atom. The van der Waals surface area contributed by atoms with Crippen LogP contribution in [0.2, 0.25) is 5.02 Å². The molecule has 0 radical (unpaired) electrons. The number of hydrogen-bond donors (Lipinski definition) is 2. The summed E-state index contributed by atoms with van der Waals surface area (Å²) >= 11 is 5.83. The van der Waals surface area contributed by atoms with Gasteiger partial charge in [0.05, 0.1) is 31.3 Å². The first kappa shape index (κ1) is 20.9. The van der Waals surface area contributed by atoms with Crippen LogP contribution >= 0.6 is 11.6 Å². The van der Waals surface area contributed by atoms with Crippen LogP contribution < -0.4 is 19.7 Å². The van der Waals surface area contributed by atoms with Gasteiger partial charge in [0.15, 0.2) is 6.54 Å². The van der Waals surface area contributed by atoms with Gasteiger partial charge in [-0.1, -0.05) is 11.6 Å². The lowest BCUT2D eigenvalue weighted by Crippen LogP contribution is -3.11. The topological polar surface area (TPSA) is 95.1 Å². The maximum absolute atomic E-state index is 12.6. The molecule has 1 saturated heterocycles. The number of nitro benzene ring substituents is 1. The molecule has 2 atom stereocenters. The number of halogens is 1. The van der Waals surface area contributed by atoms with Crippen molar-refractivity contribution in [2.45, 2.75) is 18.9 Å². The number of rotatable bonds is 7. The third-order valence-corrected chi connectivity index (χ3v) is 5.35. The van der Waals surface area contributed by atoms with Crippen molar-refractivity contribution in [3.8, 4) is 11.5 Å². The van der Waals surface area contributed by atoms with Crippen LogP contribution in [-0.4, -0.2) is 38.1 Å². The molecule has 2 aromatic carbocycles. The van der Waals surface area contributed by atoms with Crippen LogP contribution in [0.25, 0.3) is 0 Å². The zero-order valence-electron chi connectivity index (χ0n) is 16.2. The van der Waals surface area contributed by atoms with Gasteiger partial charge in [0.1, 0.15) is 23.2 Å². The molecule has 1 aliphatic rings. The Labute approximate surface area is 173 Å². The zero-order valence-corrected chi connectivity index (χ0v) is 17.0. The number of anilines is 1. The maximum atomic E-state index is 12.6. The molecule has 9 heteroatoms. The lowest BCUT2D eigenvalue weighted by Gasteiger charge is -2.23. The van der Waals surface area contributed by atoms with Crippen LogP contribution in [0.4, 0.5) is 11.4 Å². The Bertz CT molecular complexity index is 921. The summed E-state index contributed by atoms with van der Waals surface area (Å²) in [7, 11) is 3.21. The van der Waals surface area contributed by atoms with Crippen LogP contribution in [0.3, 0.4) is 0 Å². The van der Waals surface area contributed by atoms with Crippen molar-refractivity contribution in [1.82, 2.24) is 0 Å². The first-order valence-electron chi connectivity index (χ1n) is 9.23. The molecule has 1 amide bonds. The predicted octanol–water partition coefficient (Wildman–Crippen LogP) is 2.62. The van der Waals surface area contributed by atoms with Crippen molar-refractivity contribution in [2.24, 2.45) is 0 Å². The second kappa shape index (κ2) is 9.11. The number of likely N-dealkylation sites (tertiary alicyclic amines) is 1. The fourth-order valence-corrected chi connectivity index (χ4v) is 3.93. The van der Waals surface area contributed by atoms with Gasteiger partial charge in [0.2, 0.25) is 0 Å². The molecule has 0 bridgehead atoms. The highest BCUT2D eigenvalue weighted by Gasteiger charge is 2.34. The SMILES string of the molecule is COc1ccc([C@H]2CCC[NH+]2CC(=O)Nc2ccc(Cl)cc2[N+](=O)[O-])c(OC)c1. The molecule has 8 nitrogen and oxygen atoms in total. The van der Waals surface area contributed by atoms with E-state index in [0.29, 0.717) is 5.75 Å². The van der Waals surface area contributed by atoms with Crippen molar-refractivity contribution < 1.29 is 24.1 Å². The van der Waals surface area contributed by atoms with Gasteiger partial charge >= 0.3 is 0 Å². The number of carbonyl (C=O) groups excluding carboxylic acids is 1. The number of quaternary nitrogens is 1. The van der Waals surface area contributed by atoms with Gasteiger partial charge in [-0.3, -0.25) is 14.9 Å². The summed E-state index contributed by atoms with van der Waals surface area (Å²) in [6.45, 7) is 1.02. The second-order valence-electron chi connectivity index (χ2n) is 6.85. The molecule has 2 aromatic rings. The molecule has 3 rings (SSSR count). The number of benzene rings is 2. The minimum atomic E-state index is -0.560. The van der Waals surface area contributed by atoms with Crippen molar-refractivity contribution >= 4 is 28.9 Å². The quantitative estimate of drug-likeness (QED) is 0.530. The Morgan fingerprint density at radius 1 is 1.28 bits per heavy atom. The standard InChI is InChI=1S/C20H22ClN3O5/c1-28-14-6-7-15(19(11-14)29-2)17-4-3-9-23(17)12-20(25)22-16-8-5-13(21)10-18(16)24(26)27/h5-8,10-11,17H,3-4,9,12H2,1-2H3,(H,22,25)/p+1/t17-/m1/s1. The van der Waals surface area contributed by atoms with Crippen LogP contribution in [-0.2, 0) is 4.79 Å². The highest BCUT2D eigenvalue weighted by molar-refractivity contribution is 6.31. The van der Waals surface area contributed by atoms with Gasteiger partial charge in [-0.05, 0) is 24.3 Å². The van der Waals surface area contributed by atoms with E-state index in [1.807, 2.05) is 18.2 Å². The van der Waals surface area contributed by atoms with E-state index in [1.165, 1.54) is 18.2 Å². The summed E-state index contributed by atoms with van der Waals surface area (Å²) in [6.07, 6.45) is 1.90. The average Bonchev–Trinajstić information content (AvgIpc) is 3.16. The van der Waals surface area contributed by atoms with Gasteiger partial charge in [0, 0.05) is 30.0 Å². The third-order valence-electron chi connectivity index (χ3n) is 5.12. The van der Waals surface area contributed by atoms with Gasteiger partial charge in [-0.25, -0.2) is 0 Å². The van der Waals surface area contributed by atoms with Gasteiger partial charge < -0.3 is 19.7 Å². The summed E-state index contributed by atoms with van der Waals surface area (Å²) < 4.78 is 10.8. The lowest BCUT2D eigenvalue weighted by atomic mass is 10.0. The highest BCUT2D eigenvalue weighted by atomic mass is 35.5. The molecular formula is C20H23ClN3O5+. The van der Waals surface area contributed by atoms with E-state index in [1.54, 1.807) is 14.2 Å². The largest absolute Gasteiger partial charge is 0.497 e. The molecule has 2 N–H and O–H groups in total. The predicted molar refractivity (Wildman–Crippen MR) is 109 cm³/mol.